The van der Waals surface area contributed by atoms with E-state index in [0.717, 1.165) is 10.1 Å². The highest BCUT2D eigenvalue weighted by Crippen LogP contribution is 2.29. The van der Waals surface area contributed by atoms with Gasteiger partial charge in [-0.3, -0.25) is 20.6 Å². The molecule has 0 spiro atoms. The van der Waals surface area contributed by atoms with Crippen LogP contribution in [0.25, 0.3) is 10.1 Å². The molecule has 0 fully saturated rings. The molecule has 8 heteroatoms. The lowest BCUT2D eigenvalue weighted by Crippen LogP contribution is -2.44. The Hall–Kier alpha value is -1.44. The predicted octanol–water partition coefficient (Wildman–Crippen LogP) is 1.43. The van der Waals surface area contributed by atoms with Crippen LogP contribution in [0.3, 0.4) is 0 Å². The van der Waals surface area contributed by atoms with Gasteiger partial charge in [-0.1, -0.05) is 11.6 Å². The molecule has 2 rings (SSSR count). The van der Waals surface area contributed by atoms with E-state index in [9.17, 15) is 4.79 Å². The van der Waals surface area contributed by atoms with Gasteiger partial charge in [-0.25, -0.2) is 0 Å². The number of aromatic nitrogens is 1. The number of carbonyl (C=O) groups excluding carboxylic acids is 1. The first-order chi connectivity index (χ1) is 8.08. The van der Waals surface area contributed by atoms with Crippen LogP contribution in [-0.2, 0) is 0 Å². The maximum Gasteiger partial charge on any atom is 0.279 e. The largest absolute Gasteiger partial charge is 0.375 e. The van der Waals surface area contributed by atoms with Crippen molar-refractivity contribution in [3.63, 3.8) is 0 Å². The van der Waals surface area contributed by atoms with Crippen molar-refractivity contribution < 1.29 is 4.79 Å². The topological polar surface area (TPSA) is 80.0 Å². The summed E-state index contributed by atoms with van der Waals surface area (Å²) < 4.78 is 0.845. The van der Waals surface area contributed by atoms with E-state index < -0.39 is 0 Å². The average molecular weight is 287 g/mol. The zero-order valence-electron chi connectivity index (χ0n) is 8.36. The first-order valence-corrected chi connectivity index (χ1v) is 6.07. The summed E-state index contributed by atoms with van der Waals surface area (Å²) in [6, 6.07) is 1.70. The van der Waals surface area contributed by atoms with Gasteiger partial charge in [-0.2, -0.15) is 0 Å². The molecule has 0 bridgehead atoms. The Bertz CT molecular complexity index is 598. The average Bonchev–Trinajstić information content (AvgIpc) is 2.71. The van der Waals surface area contributed by atoms with Crippen molar-refractivity contribution in [3.8, 4) is 0 Å². The monoisotopic (exact) mass is 286 g/mol. The maximum atomic E-state index is 11.7. The summed E-state index contributed by atoms with van der Waals surface area (Å²) in [5.74, 6) is -0.324. The molecular weight excluding hydrogens is 280 g/mol. The van der Waals surface area contributed by atoms with E-state index in [1.807, 2.05) is 0 Å². The molecule has 2 heterocycles. The van der Waals surface area contributed by atoms with Gasteiger partial charge in [0.25, 0.3) is 5.91 Å². The van der Waals surface area contributed by atoms with Crippen LogP contribution in [0.4, 0.5) is 0 Å². The number of hydrogen-bond acceptors (Lipinski definition) is 4. The fourth-order valence-electron chi connectivity index (χ4n) is 1.22. The second kappa shape index (κ2) is 4.82. The number of pyridine rings is 1. The van der Waals surface area contributed by atoms with Gasteiger partial charge in [0.2, 0.25) is 0 Å². The number of nitrogens with zero attached hydrogens (tertiary/aromatic N) is 1. The molecule has 0 saturated carbocycles. The quantitative estimate of drug-likeness (QED) is 0.546. The van der Waals surface area contributed by atoms with Crippen molar-refractivity contribution in [2.75, 3.05) is 0 Å². The molecule has 0 radical (unpaired) electrons. The summed E-state index contributed by atoms with van der Waals surface area (Å²) >= 11 is 11.8. The Kier molecular flexibility index (Phi) is 3.41. The fourth-order valence-corrected chi connectivity index (χ4v) is 2.49. The smallest absolute Gasteiger partial charge is 0.279 e. The lowest BCUT2D eigenvalue weighted by Gasteiger charge is -2.03. The molecule has 4 N–H and O–H groups in total. The first-order valence-electron chi connectivity index (χ1n) is 4.47. The van der Waals surface area contributed by atoms with Crippen LogP contribution in [0, 0.1) is 0 Å². The van der Waals surface area contributed by atoms with Crippen LogP contribution >= 0.6 is 35.2 Å². The van der Waals surface area contributed by atoms with Crippen molar-refractivity contribution in [1.29, 1.82) is 0 Å². The molecule has 1 amide bonds. The summed E-state index contributed by atoms with van der Waals surface area (Å²) in [6.07, 6.45) is 3.19. The number of nitrogens with two attached hydrogens (primary N) is 1. The summed E-state index contributed by atoms with van der Waals surface area (Å²) in [4.78, 5) is 16.1. The van der Waals surface area contributed by atoms with E-state index in [0.29, 0.717) is 9.90 Å². The molecule has 5 nitrogen and oxygen atoms in total. The maximum absolute atomic E-state index is 11.7. The molecular formula is C9H7ClN4OS2. The Morgan fingerprint density at radius 2 is 2.24 bits per heavy atom. The number of fused-ring (bicyclic) bond motifs is 1. The Morgan fingerprint density at radius 1 is 1.47 bits per heavy atom. The standard InChI is InChI=1S/C9H7ClN4OS2/c10-5-2-12-3-7-4(5)1-6(17-7)8(15)13-14-9(11)16/h1-3H,(H,13,15)(H3,11,14,16). The highest BCUT2D eigenvalue weighted by Gasteiger charge is 2.11. The fraction of sp³-hybridized carbons (Fsp3) is 0. The third-order valence-electron chi connectivity index (χ3n) is 1.92. The third-order valence-corrected chi connectivity index (χ3v) is 3.39. The number of hydrazine groups is 1. The van der Waals surface area contributed by atoms with Crippen molar-refractivity contribution in [2.24, 2.45) is 5.73 Å². The predicted molar refractivity (Wildman–Crippen MR) is 72.0 cm³/mol. The highest BCUT2D eigenvalue weighted by atomic mass is 35.5. The van der Waals surface area contributed by atoms with Crippen LogP contribution in [0.15, 0.2) is 18.5 Å². The van der Waals surface area contributed by atoms with Gasteiger partial charge in [-0.15, -0.1) is 11.3 Å². The van der Waals surface area contributed by atoms with Crippen LogP contribution in [0.2, 0.25) is 5.02 Å². The van der Waals surface area contributed by atoms with E-state index in [-0.39, 0.29) is 11.0 Å². The molecule has 17 heavy (non-hydrogen) atoms. The van der Waals surface area contributed by atoms with Crippen LogP contribution in [0.1, 0.15) is 9.67 Å². The Labute approximate surface area is 111 Å². The van der Waals surface area contributed by atoms with Crippen LogP contribution in [0.5, 0.6) is 0 Å². The van der Waals surface area contributed by atoms with E-state index in [1.165, 1.54) is 17.5 Å². The molecule has 0 aromatic carbocycles. The van der Waals surface area contributed by atoms with Crippen molar-refractivity contribution >= 4 is 56.3 Å². The minimum absolute atomic E-state index is 0.000778. The normalized spacial score (nSPS) is 10.2. The number of thiophene rings is 1. The number of thiocarbonyl (C=S) groups is 1. The molecule has 2 aromatic rings. The lowest BCUT2D eigenvalue weighted by molar-refractivity contribution is 0.0948. The first kappa shape index (κ1) is 12.0. The highest BCUT2D eigenvalue weighted by molar-refractivity contribution is 7.80. The van der Waals surface area contributed by atoms with Gasteiger partial charge in [0.1, 0.15) is 0 Å². The van der Waals surface area contributed by atoms with Gasteiger partial charge >= 0.3 is 0 Å². The zero-order valence-corrected chi connectivity index (χ0v) is 10.7. The van der Waals surface area contributed by atoms with E-state index >= 15 is 0 Å². The van der Waals surface area contributed by atoms with Gasteiger partial charge in [0, 0.05) is 17.8 Å². The summed E-state index contributed by atoms with van der Waals surface area (Å²) in [7, 11) is 0. The summed E-state index contributed by atoms with van der Waals surface area (Å²) in [5, 5.41) is 1.31. The lowest BCUT2D eigenvalue weighted by atomic mass is 10.3. The van der Waals surface area contributed by atoms with Gasteiger partial charge in [0.15, 0.2) is 5.11 Å². The molecule has 0 saturated heterocycles. The number of nitrogens with one attached hydrogen (secondary N) is 2. The minimum Gasteiger partial charge on any atom is -0.375 e. The molecule has 0 aliphatic heterocycles. The summed E-state index contributed by atoms with van der Waals surface area (Å²) in [6.45, 7) is 0. The number of amides is 1. The molecule has 88 valence electrons. The minimum atomic E-state index is -0.324. The van der Waals surface area contributed by atoms with Crippen LogP contribution < -0.4 is 16.6 Å². The number of carbonyl (C=O) groups is 1. The van der Waals surface area contributed by atoms with E-state index in [2.05, 4.69) is 28.1 Å². The number of halogens is 1. The molecule has 0 aliphatic carbocycles. The SMILES string of the molecule is NC(=S)NNC(=O)c1cc2c(Cl)cncc2s1. The van der Waals surface area contributed by atoms with Crippen LogP contribution in [-0.4, -0.2) is 16.0 Å². The Morgan fingerprint density at radius 3 is 2.88 bits per heavy atom. The second-order valence-corrected chi connectivity index (χ2v) is 5.02. The van der Waals surface area contributed by atoms with E-state index in [1.54, 1.807) is 12.3 Å². The van der Waals surface area contributed by atoms with E-state index in [4.69, 9.17) is 17.3 Å². The van der Waals surface area contributed by atoms with Gasteiger partial charge in [-0.05, 0) is 18.3 Å². The molecule has 0 atom stereocenters. The second-order valence-electron chi connectivity index (χ2n) is 3.09. The van der Waals surface area contributed by atoms with Crippen molar-refractivity contribution in [2.45, 2.75) is 0 Å². The van der Waals surface area contributed by atoms with Gasteiger partial charge in [0.05, 0.1) is 14.6 Å². The Balaban J connectivity index is 2.27. The number of hydrogen-bond donors (Lipinski definition) is 3. The van der Waals surface area contributed by atoms with Crippen molar-refractivity contribution in [1.82, 2.24) is 15.8 Å². The summed E-state index contributed by atoms with van der Waals surface area (Å²) in [5.41, 5.74) is 9.94. The zero-order chi connectivity index (χ0) is 12.4. The third kappa shape index (κ3) is 2.63. The molecule has 0 unspecified atom stereocenters. The number of rotatable bonds is 1. The molecule has 0 aliphatic rings. The van der Waals surface area contributed by atoms with Gasteiger partial charge < -0.3 is 5.73 Å². The molecule has 2 aromatic heterocycles. The van der Waals surface area contributed by atoms with Crippen molar-refractivity contribution in [3.05, 3.63) is 28.4 Å².